The second kappa shape index (κ2) is 6.52. The molecule has 6 nitrogen and oxygen atoms in total. The number of amides is 1. The molecule has 1 aliphatic carbocycles. The maximum Gasteiger partial charge on any atom is 0.292 e. The van der Waals surface area contributed by atoms with Gasteiger partial charge in [0.1, 0.15) is 5.02 Å². The maximum absolute atomic E-state index is 12.6. The van der Waals surface area contributed by atoms with Crippen molar-refractivity contribution in [2.75, 3.05) is 31.1 Å². The molecule has 7 heteroatoms. The molecule has 1 aromatic heterocycles. The van der Waals surface area contributed by atoms with E-state index in [1.165, 1.54) is 4.68 Å². The van der Waals surface area contributed by atoms with E-state index in [0.717, 1.165) is 12.8 Å². The number of anilines is 1. The summed E-state index contributed by atoms with van der Waals surface area (Å²) in [5, 5.41) is 4.44. The number of hydrogen-bond donors (Lipinski definition) is 0. The van der Waals surface area contributed by atoms with Crippen LogP contribution in [0.15, 0.2) is 41.3 Å². The Morgan fingerprint density at radius 3 is 2.40 bits per heavy atom. The fraction of sp³-hybridized carbons (Fsp3) is 0.389. The van der Waals surface area contributed by atoms with Gasteiger partial charge in [-0.3, -0.25) is 9.59 Å². The number of para-hydroxylation sites is 1. The highest BCUT2D eigenvalue weighted by atomic mass is 35.5. The van der Waals surface area contributed by atoms with Crippen LogP contribution in [0.1, 0.15) is 12.8 Å². The van der Waals surface area contributed by atoms with Crippen molar-refractivity contribution in [3.8, 4) is 5.69 Å². The van der Waals surface area contributed by atoms with Crippen LogP contribution in [0.4, 0.5) is 5.69 Å². The molecular formula is C18H19ClN4O2. The standard InChI is InChI=1S/C18H19ClN4O2/c19-16-15(12-20-23(18(16)25)14-4-2-1-3-5-14)21-8-10-22(11-9-21)17(24)13-6-7-13/h1-5,12-13H,6-11H2. The summed E-state index contributed by atoms with van der Waals surface area (Å²) in [5.41, 5.74) is 0.986. The lowest BCUT2D eigenvalue weighted by Crippen LogP contribution is -2.49. The third-order valence-corrected chi connectivity index (χ3v) is 5.12. The number of hydrogen-bond acceptors (Lipinski definition) is 4. The zero-order valence-corrected chi connectivity index (χ0v) is 14.5. The van der Waals surface area contributed by atoms with Gasteiger partial charge in [0.25, 0.3) is 5.56 Å². The van der Waals surface area contributed by atoms with Crippen molar-refractivity contribution >= 4 is 23.2 Å². The van der Waals surface area contributed by atoms with Crippen LogP contribution in [0.2, 0.25) is 5.02 Å². The topological polar surface area (TPSA) is 58.4 Å². The predicted molar refractivity (Wildman–Crippen MR) is 96.4 cm³/mol. The molecule has 130 valence electrons. The second-order valence-electron chi connectivity index (χ2n) is 6.48. The van der Waals surface area contributed by atoms with Crippen molar-refractivity contribution in [3.05, 3.63) is 51.9 Å². The van der Waals surface area contributed by atoms with Crippen molar-refractivity contribution in [1.82, 2.24) is 14.7 Å². The average molecular weight is 359 g/mol. The first-order valence-corrected chi connectivity index (χ1v) is 8.90. The van der Waals surface area contributed by atoms with Crippen LogP contribution in [0.25, 0.3) is 5.69 Å². The van der Waals surface area contributed by atoms with Crippen molar-refractivity contribution in [2.24, 2.45) is 5.92 Å². The Kier molecular flexibility index (Phi) is 4.21. The Bertz CT molecular complexity index is 840. The molecule has 0 atom stereocenters. The molecule has 1 aliphatic heterocycles. The number of carbonyl (C=O) groups is 1. The third-order valence-electron chi connectivity index (χ3n) is 4.76. The van der Waals surface area contributed by atoms with E-state index in [4.69, 9.17) is 11.6 Å². The molecule has 2 aliphatic rings. The van der Waals surface area contributed by atoms with Gasteiger partial charge >= 0.3 is 0 Å². The van der Waals surface area contributed by atoms with E-state index in [0.29, 0.717) is 37.6 Å². The molecule has 4 rings (SSSR count). The van der Waals surface area contributed by atoms with Gasteiger partial charge in [0, 0.05) is 32.1 Å². The molecule has 1 aromatic carbocycles. The van der Waals surface area contributed by atoms with Gasteiger partial charge in [-0.2, -0.15) is 9.78 Å². The summed E-state index contributed by atoms with van der Waals surface area (Å²) < 4.78 is 1.30. The number of benzene rings is 1. The van der Waals surface area contributed by atoms with E-state index in [-0.39, 0.29) is 22.4 Å². The van der Waals surface area contributed by atoms with Crippen molar-refractivity contribution in [2.45, 2.75) is 12.8 Å². The summed E-state index contributed by atoms with van der Waals surface area (Å²) in [6, 6.07) is 9.20. The van der Waals surface area contributed by atoms with E-state index in [1.54, 1.807) is 6.20 Å². The highest BCUT2D eigenvalue weighted by molar-refractivity contribution is 6.33. The summed E-state index contributed by atoms with van der Waals surface area (Å²) in [7, 11) is 0. The van der Waals surface area contributed by atoms with Gasteiger partial charge < -0.3 is 9.80 Å². The number of piperazine rings is 1. The molecule has 0 bridgehead atoms. The quantitative estimate of drug-likeness (QED) is 0.841. The first kappa shape index (κ1) is 16.1. The lowest BCUT2D eigenvalue weighted by atomic mass is 10.2. The minimum Gasteiger partial charge on any atom is -0.365 e. The monoisotopic (exact) mass is 358 g/mol. The third kappa shape index (κ3) is 3.14. The zero-order chi connectivity index (χ0) is 17.4. The molecular weight excluding hydrogens is 340 g/mol. The fourth-order valence-electron chi connectivity index (χ4n) is 3.15. The molecule has 0 unspecified atom stereocenters. The largest absolute Gasteiger partial charge is 0.365 e. The lowest BCUT2D eigenvalue weighted by molar-refractivity contribution is -0.132. The summed E-state index contributed by atoms with van der Waals surface area (Å²) in [6.07, 6.45) is 3.67. The summed E-state index contributed by atoms with van der Waals surface area (Å²) in [5.74, 6) is 0.509. The Labute approximate surface area is 150 Å². The summed E-state index contributed by atoms with van der Waals surface area (Å²) in [6.45, 7) is 2.64. The van der Waals surface area contributed by atoms with E-state index >= 15 is 0 Å². The molecule has 1 amide bonds. The van der Waals surface area contributed by atoms with E-state index in [9.17, 15) is 9.59 Å². The summed E-state index contributed by atoms with van der Waals surface area (Å²) >= 11 is 6.35. The Hall–Kier alpha value is -2.34. The second-order valence-corrected chi connectivity index (χ2v) is 6.86. The molecule has 2 heterocycles. The van der Waals surface area contributed by atoms with E-state index in [1.807, 2.05) is 40.1 Å². The van der Waals surface area contributed by atoms with Crippen LogP contribution in [0.3, 0.4) is 0 Å². The molecule has 1 saturated heterocycles. The number of rotatable bonds is 3. The smallest absolute Gasteiger partial charge is 0.292 e. The molecule has 2 fully saturated rings. The van der Waals surface area contributed by atoms with Crippen molar-refractivity contribution in [3.63, 3.8) is 0 Å². The normalized spacial score (nSPS) is 17.6. The average Bonchev–Trinajstić information content (AvgIpc) is 3.49. The van der Waals surface area contributed by atoms with Crippen LogP contribution in [-0.2, 0) is 4.79 Å². The van der Waals surface area contributed by atoms with E-state index in [2.05, 4.69) is 5.10 Å². The molecule has 0 N–H and O–H groups in total. The SMILES string of the molecule is O=C(C1CC1)N1CCN(c2cnn(-c3ccccc3)c(=O)c2Cl)CC1. The summed E-state index contributed by atoms with van der Waals surface area (Å²) in [4.78, 5) is 28.7. The first-order valence-electron chi connectivity index (χ1n) is 8.52. The highest BCUT2D eigenvalue weighted by Crippen LogP contribution is 2.31. The van der Waals surface area contributed by atoms with Gasteiger partial charge in [-0.1, -0.05) is 29.8 Å². The highest BCUT2D eigenvalue weighted by Gasteiger charge is 2.34. The molecule has 0 radical (unpaired) electrons. The fourth-order valence-corrected chi connectivity index (χ4v) is 3.40. The van der Waals surface area contributed by atoms with Gasteiger partial charge in [0.2, 0.25) is 5.91 Å². The van der Waals surface area contributed by atoms with Crippen LogP contribution >= 0.6 is 11.6 Å². The van der Waals surface area contributed by atoms with Crippen LogP contribution in [0.5, 0.6) is 0 Å². The maximum atomic E-state index is 12.6. The van der Waals surface area contributed by atoms with Gasteiger partial charge in [0.05, 0.1) is 17.6 Å². The number of nitrogens with zero attached hydrogens (tertiary/aromatic N) is 4. The van der Waals surface area contributed by atoms with Crippen LogP contribution < -0.4 is 10.5 Å². The molecule has 25 heavy (non-hydrogen) atoms. The Morgan fingerprint density at radius 2 is 1.76 bits per heavy atom. The van der Waals surface area contributed by atoms with Crippen molar-refractivity contribution in [1.29, 1.82) is 0 Å². The Morgan fingerprint density at radius 1 is 1.08 bits per heavy atom. The zero-order valence-electron chi connectivity index (χ0n) is 13.8. The van der Waals surface area contributed by atoms with Crippen molar-refractivity contribution < 1.29 is 4.79 Å². The van der Waals surface area contributed by atoms with Gasteiger partial charge in [0.15, 0.2) is 0 Å². The predicted octanol–water partition coefficient (Wildman–Crippen LogP) is 1.94. The number of halogens is 1. The molecule has 1 saturated carbocycles. The van der Waals surface area contributed by atoms with Crippen LogP contribution in [0, 0.1) is 5.92 Å². The lowest BCUT2D eigenvalue weighted by Gasteiger charge is -2.36. The molecule has 2 aromatic rings. The van der Waals surface area contributed by atoms with Crippen LogP contribution in [-0.4, -0.2) is 46.8 Å². The van der Waals surface area contributed by atoms with Gasteiger partial charge in [-0.25, -0.2) is 0 Å². The van der Waals surface area contributed by atoms with Gasteiger partial charge in [-0.05, 0) is 25.0 Å². The minimum absolute atomic E-state index is 0.167. The Balaban J connectivity index is 1.53. The first-order chi connectivity index (χ1) is 12.1. The minimum atomic E-state index is -0.332. The number of carbonyl (C=O) groups excluding carboxylic acids is 1. The number of aromatic nitrogens is 2. The van der Waals surface area contributed by atoms with Gasteiger partial charge in [-0.15, -0.1) is 0 Å². The van der Waals surface area contributed by atoms with E-state index < -0.39 is 0 Å². The molecule has 0 spiro atoms.